The van der Waals surface area contributed by atoms with Crippen LogP contribution in [0.15, 0.2) is 30.3 Å². The number of ether oxygens (including phenoxy) is 1. The van der Waals surface area contributed by atoms with Gasteiger partial charge in [-0.3, -0.25) is 9.59 Å². The molecule has 1 atom stereocenters. The van der Waals surface area contributed by atoms with Crippen molar-refractivity contribution in [3.8, 4) is 12.3 Å². The summed E-state index contributed by atoms with van der Waals surface area (Å²) in [5, 5.41) is 4.76. The van der Waals surface area contributed by atoms with Crippen LogP contribution in [-0.4, -0.2) is 30.5 Å². The summed E-state index contributed by atoms with van der Waals surface area (Å²) in [6.45, 7) is -0.211. The van der Waals surface area contributed by atoms with E-state index in [4.69, 9.17) is 16.9 Å². The SMILES string of the molecule is C#CCCC[C@@H](NC(=O)CNC(=O)OCc1ccccc1)C(N)=O. The van der Waals surface area contributed by atoms with Crippen molar-refractivity contribution in [3.63, 3.8) is 0 Å². The molecule has 1 rings (SSSR count). The van der Waals surface area contributed by atoms with E-state index in [0.717, 1.165) is 5.56 Å². The number of amides is 3. The third kappa shape index (κ3) is 7.84. The van der Waals surface area contributed by atoms with E-state index in [-0.39, 0.29) is 13.2 Å². The Morgan fingerprint density at radius 1 is 1.25 bits per heavy atom. The topological polar surface area (TPSA) is 111 Å². The summed E-state index contributed by atoms with van der Waals surface area (Å²) in [6, 6.07) is 8.32. The van der Waals surface area contributed by atoms with E-state index in [1.165, 1.54) is 0 Å². The van der Waals surface area contributed by atoms with Crippen LogP contribution in [0.1, 0.15) is 24.8 Å². The number of rotatable bonds is 9. The molecule has 4 N–H and O–H groups in total. The molecule has 0 aliphatic rings. The van der Waals surface area contributed by atoms with E-state index in [1.54, 1.807) is 0 Å². The number of carbonyl (C=O) groups is 3. The van der Waals surface area contributed by atoms with Gasteiger partial charge in [0.1, 0.15) is 19.2 Å². The number of unbranched alkanes of at least 4 members (excludes halogenated alkanes) is 1. The van der Waals surface area contributed by atoms with E-state index in [0.29, 0.717) is 19.3 Å². The lowest BCUT2D eigenvalue weighted by molar-refractivity contribution is -0.127. The maximum Gasteiger partial charge on any atom is 0.407 e. The van der Waals surface area contributed by atoms with Gasteiger partial charge in [-0.2, -0.15) is 0 Å². The van der Waals surface area contributed by atoms with Gasteiger partial charge >= 0.3 is 6.09 Å². The molecular formula is C17H21N3O4. The minimum absolute atomic E-state index is 0.101. The number of terminal acetylenes is 1. The summed E-state index contributed by atoms with van der Waals surface area (Å²) >= 11 is 0. The second-order valence-corrected chi connectivity index (χ2v) is 5.03. The molecule has 3 amide bonds. The molecule has 0 radical (unpaired) electrons. The van der Waals surface area contributed by atoms with Crippen molar-refractivity contribution in [1.29, 1.82) is 0 Å². The van der Waals surface area contributed by atoms with E-state index < -0.39 is 23.9 Å². The van der Waals surface area contributed by atoms with Crippen LogP contribution in [0.3, 0.4) is 0 Å². The Morgan fingerprint density at radius 2 is 1.96 bits per heavy atom. The van der Waals surface area contributed by atoms with Crippen molar-refractivity contribution in [2.24, 2.45) is 5.73 Å². The fourth-order valence-electron chi connectivity index (χ4n) is 1.87. The molecule has 7 heteroatoms. The minimum Gasteiger partial charge on any atom is -0.445 e. The molecule has 0 aliphatic heterocycles. The summed E-state index contributed by atoms with van der Waals surface area (Å²) in [7, 11) is 0. The standard InChI is InChI=1S/C17H21N3O4/c1-2-3-5-10-14(16(18)22)20-15(21)11-19-17(23)24-12-13-8-6-4-7-9-13/h1,4,6-9,14H,3,5,10-12H2,(H2,18,22)(H,19,23)(H,20,21)/t14-/m1/s1. The van der Waals surface area contributed by atoms with Crippen LogP contribution in [0.25, 0.3) is 0 Å². The van der Waals surface area contributed by atoms with Crippen LogP contribution >= 0.6 is 0 Å². The monoisotopic (exact) mass is 331 g/mol. The molecule has 24 heavy (non-hydrogen) atoms. The zero-order valence-electron chi connectivity index (χ0n) is 13.3. The predicted octanol–water partition coefficient (Wildman–Crippen LogP) is 0.686. The van der Waals surface area contributed by atoms with Gasteiger partial charge in [0.2, 0.25) is 11.8 Å². The van der Waals surface area contributed by atoms with Gasteiger partial charge in [0, 0.05) is 6.42 Å². The van der Waals surface area contributed by atoms with Crippen LogP contribution in [0.5, 0.6) is 0 Å². The second kappa shape index (κ2) is 10.7. The molecule has 0 unspecified atom stereocenters. The van der Waals surface area contributed by atoms with E-state index in [1.807, 2.05) is 30.3 Å². The molecule has 0 aromatic heterocycles. The fourth-order valence-corrected chi connectivity index (χ4v) is 1.87. The second-order valence-electron chi connectivity index (χ2n) is 5.03. The average Bonchev–Trinajstić information content (AvgIpc) is 2.58. The highest BCUT2D eigenvalue weighted by Crippen LogP contribution is 2.01. The number of nitrogens with one attached hydrogen (secondary N) is 2. The number of alkyl carbamates (subject to hydrolysis) is 1. The molecule has 0 fully saturated rings. The molecular weight excluding hydrogens is 310 g/mol. The van der Waals surface area contributed by atoms with E-state index in [2.05, 4.69) is 16.6 Å². The van der Waals surface area contributed by atoms with Crippen molar-refractivity contribution in [2.45, 2.75) is 31.9 Å². The van der Waals surface area contributed by atoms with Crippen molar-refractivity contribution in [3.05, 3.63) is 35.9 Å². The molecule has 0 heterocycles. The summed E-state index contributed by atoms with van der Waals surface area (Å²) in [5.74, 6) is 1.27. The third-order valence-electron chi connectivity index (χ3n) is 3.10. The van der Waals surface area contributed by atoms with Crippen molar-refractivity contribution >= 4 is 17.9 Å². The lowest BCUT2D eigenvalue weighted by Gasteiger charge is -2.15. The predicted molar refractivity (Wildman–Crippen MR) is 88.4 cm³/mol. The molecule has 0 spiro atoms. The van der Waals surface area contributed by atoms with Gasteiger partial charge in [-0.25, -0.2) is 4.79 Å². The van der Waals surface area contributed by atoms with Gasteiger partial charge in [0.25, 0.3) is 0 Å². The highest BCUT2D eigenvalue weighted by atomic mass is 16.5. The van der Waals surface area contributed by atoms with Gasteiger partial charge in [-0.15, -0.1) is 12.3 Å². The zero-order valence-corrected chi connectivity index (χ0v) is 13.3. The number of hydrogen-bond donors (Lipinski definition) is 3. The molecule has 0 saturated heterocycles. The van der Waals surface area contributed by atoms with Crippen molar-refractivity contribution < 1.29 is 19.1 Å². The van der Waals surface area contributed by atoms with Gasteiger partial charge in [0.05, 0.1) is 0 Å². The summed E-state index contributed by atoms with van der Waals surface area (Å²) in [5.41, 5.74) is 6.05. The number of nitrogens with two attached hydrogens (primary N) is 1. The molecule has 0 saturated carbocycles. The number of carbonyl (C=O) groups excluding carboxylic acids is 3. The molecule has 7 nitrogen and oxygen atoms in total. The number of hydrogen-bond acceptors (Lipinski definition) is 4. The summed E-state index contributed by atoms with van der Waals surface area (Å²) in [6.07, 6.45) is 5.81. The number of benzene rings is 1. The first-order valence-corrected chi connectivity index (χ1v) is 7.49. The van der Waals surface area contributed by atoms with Crippen LogP contribution in [0, 0.1) is 12.3 Å². The molecule has 128 valence electrons. The first kappa shape index (κ1) is 19.0. The van der Waals surface area contributed by atoms with Crippen molar-refractivity contribution in [1.82, 2.24) is 10.6 Å². The lowest BCUT2D eigenvalue weighted by Crippen LogP contribution is -2.47. The van der Waals surface area contributed by atoms with Gasteiger partial charge in [0.15, 0.2) is 0 Å². The molecule has 0 aliphatic carbocycles. The summed E-state index contributed by atoms with van der Waals surface area (Å²) in [4.78, 5) is 34.5. The average molecular weight is 331 g/mol. The Hall–Kier alpha value is -3.01. The van der Waals surface area contributed by atoms with Gasteiger partial charge in [-0.1, -0.05) is 30.3 Å². The number of primary amides is 1. The van der Waals surface area contributed by atoms with Gasteiger partial charge in [-0.05, 0) is 18.4 Å². The van der Waals surface area contributed by atoms with Crippen LogP contribution in [-0.2, 0) is 20.9 Å². The summed E-state index contributed by atoms with van der Waals surface area (Å²) < 4.78 is 4.97. The lowest BCUT2D eigenvalue weighted by atomic mass is 10.1. The minimum atomic E-state index is -0.812. The Morgan fingerprint density at radius 3 is 2.58 bits per heavy atom. The Kier molecular flexibility index (Phi) is 8.47. The van der Waals surface area contributed by atoms with Crippen molar-refractivity contribution in [2.75, 3.05) is 6.54 Å². The third-order valence-corrected chi connectivity index (χ3v) is 3.10. The van der Waals surface area contributed by atoms with Crippen LogP contribution < -0.4 is 16.4 Å². The normalized spacial score (nSPS) is 11.0. The Bertz CT molecular complexity index is 596. The van der Waals surface area contributed by atoms with Crippen LogP contribution in [0.4, 0.5) is 4.79 Å². The first-order chi connectivity index (χ1) is 11.5. The van der Waals surface area contributed by atoms with E-state index in [9.17, 15) is 14.4 Å². The quantitative estimate of drug-likeness (QED) is 0.456. The maximum atomic E-state index is 11.7. The molecule has 0 bridgehead atoms. The molecule has 1 aromatic rings. The fraction of sp³-hybridized carbons (Fsp3) is 0.353. The Balaban J connectivity index is 2.29. The maximum absolute atomic E-state index is 11.7. The van der Waals surface area contributed by atoms with Crippen LogP contribution in [0.2, 0.25) is 0 Å². The zero-order chi connectivity index (χ0) is 17.8. The first-order valence-electron chi connectivity index (χ1n) is 7.49. The Labute approximate surface area is 140 Å². The smallest absolute Gasteiger partial charge is 0.407 e. The molecule has 1 aromatic carbocycles. The largest absolute Gasteiger partial charge is 0.445 e. The van der Waals surface area contributed by atoms with E-state index >= 15 is 0 Å². The highest BCUT2D eigenvalue weighted by Gasteiger charge is 2.17. The highest BCUT2D eigenvalue weighted by molar-refractivity contribution is 5.88. The van der Waals surface area contributed by atoms with Gasteiger partial charge < -0.3 is 21.1 Å².